The zero-order valence-corrected chi connectivity index (χ0v) is 11.4. The Balaban J connectivity index is 2.12. The summed E-state index contributed by atoms with van der Waals surface area (Å²) >= 11 is 1.69. The van der Waals surface area contributed by atoms with Crippen LogP contribution in [0.25, 0.3) is 0 Å². The topological polar surface area (TPSA) is 29.5 Å². The molecule has 16 heavy (non-hydrogen) atoms. The van der Waals surface area contributed by atoms with Gasteiger partial charge in [0.1, 0.15) is 0 Å². The van der Waals surface area contributed by atoms with E-state index in [0.717, 1.165) is 18.2 Å². The Morgan fingerprint density at radius 1 is 1.62 bits per heavy atom. The van der Waals surface area contributed by atoms with Crippen LogP contribution >= 0.6 is 11.8 Å². The van der Waals surface area contributed by atoms with Gasteiger partial charge in [-0.3, -0.25) is 4.79 Å². The van der Waals surface area contributed by atoms with Crippen molar-refractivity contribution in [3.05, 3.63) is 0 Å². The van der Waals surface area contributed by atoms with E-state index in [1.807, 2.05) is 6.92 Å². The molecule has 0 unspecified atom stereocenters. The summed E-state index contributed by atoms with van der Waals surface area (Å²) in [6.07, 6.45) is 2.68. The van der Waals surface area contributed by atoms with Crippen molar-refractivity contribution in [2.24, 2.45) is 5.92 Å². The van der Waals surface area contributed by atoms with Gasteiger partial charge in [0.15, 0.2) is 0 Å². The number of hydrogen-bond donors (Lipinski definition) is 0. The third kappa shape index (κ3) is 4.74. The molecule has 0 aromatic heterocycles. The minimum absolute atomic E-state index is 0.0350. The van der Waals surface area contributed by atoms with Crippen molar-refractivity contribution in [2.45, 2.75) is 31.9 Å². The quantitative estimate of drug-likeness (QED) is 0.693. The Morgan fingerprint density at radius 3 is 3.00 bits per heavy atom. The molecule has 1 heterocycles. The van der Waals surface area contributed by atoms with Gasteiger partial charge in [-0.15, -0.1) is 11.8 Å². The fourth-order valence-corrected chi connectivity index (χ4v) is 3.03. The Kier molecular flexibility index (Phi) is 6.21. The predicted octanol–water partition coefficient (Wildman–Crippen LogP) is 2.01. The maximum Gasteiger partial charge on any atom is 0.318 e. The number of carbonyl (C=O) groups is 1. The van der Waals surface area contributed by atoms with Crippen LogP contribution in [-0.4, -0.2) is 48.6 Å². The predicted molar refractivity (Wildman–Crippen MR) is 68.8 cm³/mol. The Hall–Kier alpha value is -0.220. The number of likely N-dealkylation sites (tertiary alicyclic amines) is 1. The molecule has 0 radical (unpaired) electrons. The summed E-state index contributed by atoms with van der Waals surface area (Å²) in [5.41, 5.74) is 0. The summed E-state index contributed by atoms with van der Waals surface area (Å²) in [5, 5.41) is -0.0350. The van der Waals surface area contributed by atoms with Crippen LogP contribution in [-0.2, 0) is 9.53 Å². The molecule has 0 spiro atoms. The summed E-state index contributed by atoms with van der Waals surface area (Å²) in [6, 6.07) is 0. The summed E-state index contributed by atoms with van der Waals surface area (Å²) in [6.45, 7) is 7.76. The second-order valence-corrected chi connectivity index (χ2v) is 6.03. The highest BCUT2D eigenvalue weighted by Crippen LogP contribution is 2.17. The number of esters is 1. The molecule has 4 heteroatoms. The molecular weight excluding hydrogens is 222 g/mol. The molecule has 1 saturated heterocycles. The first-order valence-electron chi connectivity index (χ1n) is 6.05. The van der Waals surface area contributed by atoms with E-state index >= 15 is 0 Å². The minimum Gasteiger partial charge on any atom is -0.468 e. The Bertz CT molecular complexity index is 223. The SMILES string of the molecule is COC(=O)[C@H](C)SCCN1CCC[C@@H](C)C1. The third-order valence-corrected chi connectivity index (χ3v) is 4.16. The molecule has 0 aliphatic carbocycles. The van der Waals surface area contributed by atoms with E-state index in [0.29, 0.717) is 0 Å². The molecule has 94 valence electrons. The number of thioether (sulfide) groups is 1. The number of nitrogens with zero attached hydrogens (tertiary/aromatic N) is 1. The van der Waals surface area contributed by atoms with Gasteiger partial charge >= 0.3 is 5.97 Å². The molecule has 1 rings (SSSR count). The molecule has 0 aromatic carbocycles. The van der Waals surface area contributed by atoms with Crippen LogP contribution in [0, 0.1) is 5.92 Å². The summed E-state index contributed by atoms with van der Waals surface area (Å²) in [7, 11) is 1.45. The number of methoxy groups -OCH3 is 1. The van der Waals surface area contributed by atoms with Crippen molar-refractivity contribution in [2.75, 3.05) is 32.5 Å². The van der Waals surface area contributed by atoms with Crippen LogP contribution in [0.3, 0.4) is 0 Å². The van der Waals surface area contributed by atoms with Crippen molar-refractivity contribution < 1.29 is 9.53 Å². The average Bonchev–Trinajstić information content (AvgIpc) is 2.28. The molecule has 1 aliphatic heterocycles. The Morgan fingerprint density at radius 2 is 2.38 bits per heavy atom. The molecule has 0 bridgehead atoms. The lowest BCUT2D eigenvalue weighted by atomic mass is 10.0. The van der Waals surface area contributed by atoms with Crippen LogP contribution in [0.2, 0.25) is 0 Å². The van der Waals surface area contributed by atoms with Gasteiger partial charge in [-0.05, 0) is 32.2 Å². The fourth-order valence-electron chi connectivity index (χ4n) is 2.08. The summed E-state index contributed by atoms with van der Waals surface area (Å²) in [5.74, 6) is 1.73. The summed E-state index contributed by atoms with van der Waals surface area (Å²) < 4.78 is 4.70. The molecule has 1 aliphatic rings. The molecule has 0 N–H and O–H groups in total. The molecule has 2 atom stereocenters. The second kappa shape index (κ2) is 7.17. The zero-order chi connectivity index (χ0) is 12.0. The normalized spacial score (nSPS) is 24.1. The van der Waals surface area contributed by atoms with Gasteiger partial charge < -0.3 is 9.64 Å². The third-order valence-electron chi connectivity index (χ3n) is 3.05. The van der Waals surface area contributed by atoms with Gasteiger partial charge in [0.05, 0.1) is 12.4 Å². The van der Waals surface area contributed by atoms with Crippen molar-refractivity contribution in [1.82, 2.24) is 4.90 Å². The van der Waals surface area contributed by atoms with Crippen LogP contribution < -0.4 is 0 Å². The van der Waals surface area contributed by atoms with E-state index in [-0.39, 0.29) is 11.2 Å². The highest BCUT2D eigenvalue weighted by molar-refractivity contribution is 8.00. The Labute approximate surface area is 103 Å². The maximum atomic E-state index is 11.2. The number of rotatable bonds is 5. The first kappa shape index (κ1) is 13.8. The fraction of sp³-hybridized carbons (Fsp3) is 0.917. The van der Waals surface area contributed by atoms with Crippen LogP contribution in [0.4, 0.5) is 0 Å². The number of piperidine rings is 1. The minimum atomic E-state index is -0.114. The molecule has 3 nitrogen and oxygen atoms in total. The van der Waals surface area contributed by atoms with E-state index in [9.17, 15) is 4.79 Å². The largest absolute Gasteiger partial charge is 0.468 e. The first-order chi connectivity index (χ1) is 7.63. The van der Waals surface area contributed by atoms with Gasteiger partial charge in [-0.25, -0.2) is 0 Å². The first-order valence-corrected chi connectivity index (χ1v) is 7.10. The smallest absolute Gasteiger partial charge is 0.318 e. The number of hydrogen-bond acceptors (Lipinski definition) is 4. The highest BCUT2D eigenvalue weighted by atomic mass is 32.2. The lowest BCUT2D eigenvalue weighted by molar-refractivity contribution is -0.139. The van der Waals surface area contributed by atoms with Crippen LogP contribution in [0.1, 0.15) is 26.7 Å². The monoisotopic (exact) mass is 245 g/mol. The second-order valence-electron chi connectivity index (χ2n) is 4.58. The molecule has 0 saturated carbocycles. The van der Waals surface area contributed by atoms with Gasteiger partial charge in [-0.2, -0.15) is 0 Å². The van der Waals surface area contributed by atoms with E-state index in [1.165, 1.54) is 33.0 Å². The van der Waals surface area contributed by atoms with Gasteiger partial charge in [0.25, 0.3) is 0 Å². The average molecular weight is 245 g/mol. The van der Waals surface area contributed by atoms with E-state index in [4.69, 9.17) is 4.74 Å². The van der Waals surface area contributed by atoms with Crippen molar-refractivity contribution >= 4 is 17.7 Å². The van der Waals surface area contributed by atoms with Crippen LogP contribution in [0.15, 0.2) is 0 Å². The zero-order valence-electron chi connectivity index (χ0n) is 10.6. The van der Waals surface area contributed by atoms with Crippen molar-refractivity contribution in [3.63, 3.8) is 0 Å². The van der Waals surface area contributed by atoms with E-state index < -0.39 is 0 Å². The van der Waals surface area contributed by atoms with Gasteiger partial charge in [0, 0.05) is 18.8 Å². The molecule has 0 aromatic rings. The summed E-state index contributed by atoms with van der Waals surface area (Å²) in [4.78, 5) is 13.7. The van der Waals surface area contributed by atoms with E-state index in [2.05, 4.69) is 11.8 Å². The lowest BCUT2D eigenvalue weighted by Crippen LogP contribution is -2.36. The number of ether oxygens (including phenoxy) is 1. The van der Waals surface area contributed by atoms with Crippen LogP contribution in [0.5, 0.6) is 0 Å². The van der Waals surface area contributed by atoms with E-state index in [1.54, 1.807) is 11.8 Å². The van der Waals surface area contributed by atoms with Gasteiger partial charge in [-0.1, -0.05) is 6.92 Å². The van der Waals surface area contributed by atoms with Gasteiger partial charge in [0.2, 0.25) is 0 Å². The molecule has 1 fully saturated rings. The van der Waals surface area contributed by atoms with Crippen molar-refractivity contribution in [1.29, 1.82) is 0 Å². The number of carbonyl (C=O) groups excluding carboxylic acids is 1. The maximum absolute atomic E-state index is 11.2. The van der Waals surface area contributed by atoms with Crippen molar-refractivity contribution in [3.8, 4) is 0 Å². The lowest BCUT2D eigenvalue weighted by Gasteiger charge is -2.30. The molecular formula is C12H23NO2S. The standard InChI is InChI=1S/C12H23NO2S/c1-10-5-4-6-13(9-10)7-8-16-11(2)12(14)15-3/h10-11H,4-9H2,1-3H3/t10-,11+/m1/s1. The molecule has 0 amide bonds. The highest BCUT2D eigenvalue weighted by Gasteiger charge is 2.17.